The van der Waals surface area contributed by atoms with E-state index in [1.807, 2.05) is 11.3 Å². The molecule has 0 atom stereocenters. The number of carbonyl (C=O) groups excluding carboxylic acids is 1. The predicted octanol–water partition coefficient (Wildman–Crippen LogP) is 0.633. The van der Waals surface area contributed by atoms with Crippen LogP contribution in [0.5, 0.6) is 0 Å². The fourth-order valence-electron chi connectivity index (χ4n) is 1.52. The van der Waals surface area contributed by atoms with Crippen molar-refractivity contribution in [2.45, 2.75) is 18.4 Å². The van der Waals surface area contributed by atoms with Gasteiger partial charge in [-0.25, -0.2) is 15.8 Å². The van der Waals surface area contributed by atoms with E-state index in [-0.39, 0.29) is 5.91 Å². The number of hydrogen-bond acceptors (Lipinski definition) is 6. The van der Waals surface area contributed by atoms with Crippen LogP contribution in [0.15, 0.2) is 23.6 Å². The van der Waals surface area contributed by atoms with Gasteiger partial charge in [-0.3, -0.25) is 4.79 Å². The highest BCUT2D eigenvalue weighted by Crippen LogP contribution is 2.22. The van der Waals surface area contributed by atoms with Gasteiger partial charge in [-0.05, 0) is 6.42 Å². The smallest absolute Gasteiger partial charge is 0.230 e. The zero-order chi connectivity index (χ0) is 13.7. The second-order valence-corrected chi connectivity index (χ2v) is 4.84. The second kappa shape index (κ2) is 6.39. The zero-order valence-electron chi connectivity index (χ0n) is 10.6. The third-order valence-electron chi connectivity index (χ3n) is 2.40. The minimum atomic E-state index is -0.00975. The molecule has 0 saturated heterocycles. The molecule has 7 nitrogen and oxygen atoms in total. The number of thioether (sulfide) groups is 1. The average Bonchev–Trinajstić information content (AvgIpc) is 2.90. The number of anilines is 1. The van der Waals surface area contributed by atoms with Gasteiger partial charge >= 0.3 is 0 Å². The van der Waals surface area contributed by atoms with Crippen molar-refractivity contribution in [3.8, 4) is 0 Å². The van der Waals surface area contributed by atoms with Gasteiger partial charge in [0, 0.05) is 18.9 Å². The number of nitrogens with two attached hydrogens (primary N) is 1. The van der Waals surface area contributed by atoms with Crippen LogP contribution < -0.4 is 16.6 Å². The molecule has 2 rings (SSSR count). The Morgan fingerprint density at radius 2 is 2.42 bits per heavy atom. The van der Waals surface area contributed by atoms with Crippen molar-refractivity contribution in [3.63, 3.8) is 0 Å². The Labute approximate surface area is 115 Å². The maximum atomic E-state index is 11.6. The third kappa shape index (κ3) is 3.36. The van der Waals surface area contributed by atoms with Crippen LogP contribution >= 0.6 is 11.8 Å². The minimum absolute atomic E-state index is 0.00975. The number of nitrogen functional groups attached to an aromatic ring is 1. The Kier molecular flexibility index (Phi) is 4.58. The molecule has 0 radical (unpaired) electrons. The molecule has 8 heteroatoms. The Balaban J connectivity index is 2.10. The van der Waals surface area contributed by atoms with Crippen LogP contribution in [0.3, 0.4) is 0 Å². The maximum absolute atomic E-state index is 11.6. The lowest BCUT2D eigenvalue weighted by Crippen LogP contribution is -2.25. The number of imidazole rings is 1. The van der Waals surface area contributed by atoms with Gasteiger partial charge in [-0.1, -0.05) is 18.7 Å². The summed E-state index contributed by atoms with van der Waals surface area (Å²) in [4.78, 5) is 20.1. The number of hydrogen-bond donors (Lipinski definition) is 3. The molecule has 0 aliphatic rings. The molecule has 0 aliphatic carbocycles. The molecular formula is C11H16N6OS. The SMILES string of the molecule is CCCNC(=O)CSc1nc(NN)cn2ccnc12. The lowest BCUT2D eigenvalue weighted by atomic mass is 10.5. The lowest BCUT2D eigenvalue weighted by molar-refractivity contribution is -0.118. The van der Waals surface area contributed by atoms with E-state index in [0.29, 0.717) is 28.8 Å². The van der Waals surface area contributed by atoms with E-state index in [4.69, 9.17) is 5.84 Å². The van der Waals surface area contributed by atoms with Gasteiger partial charge in [0.25, 0.3) is 0 Å². The molecule has 2 aromatic heterocycles. The number of fused-ring (bicyclic) bond motifs is 1. The van der Waals surface area contributed by atoms with E-state index in [9.17, 15) is 4.79 Å². The lowest BCUT2D eigenvalue weighted by Gasteiger charge is -2.06. The quantitative estimate of drug-likeness (QED) is 0.408. The van der Waals surface area contributed by atoms with E-state index in [1.54, 1.807) is 18.6 Å². The van der Waals surface area contributed by atoms with Gasteiger partial charge in [0.2, 0.25) is 5.91 Å². The molecule has 0 spiro atoms. The highest BCUT2D eigenvalue weighted by atomic mass is 32.2. The van der Waals surface area contributed by atoms with Crippen molar-refractivity contribution in [3.05, 3.63) is 18.6 Å². The van der Waals surface area contributed by atoms with Crippen LogP contribution in [-0.2, 0) is 4.79 Å². The molecule has 4 N–H and O–H groups in total. The molecule has 102 valence electrons. The van der Waals surface area contributed by atoms with Crippen molar-refractivity contribution in [1.82, 2.24) is 19.7 Å². The molecule has 2 heterocycles. The molecule has 1 amide bonds. The highest BCUT2D eigenvalue weighted by Gasteiger charge is 2.10. The van der Waals surface area contributed by atoms with Crippen molar-refractivity contribution in [1.29, 1.82) is 0 Å². The summed E-state index contributed by atoms with van der Waals surface area (Å²) in [5.74, 6) is 6.19. The summed E-state index contributed by atoms with van der Waals surface area (Å²) in [6.45, 7) is 2.70. The largest absolute Gasteiger partial charge is 0.355 e. The Morgan fingerprint density at radius 1 is 1.58 bits per heavy atom. The first-order valence-corrected chi connectivity index (χ1v) is 6.93. The zero-order valence-corrected chi connectivity index (χ0v) is 11.4. The van der Waals surface area contributed by atoms with Crippen LogP contribution in [0.2, 0.25) is 0 Å². The first kappa shape index (κ1) is 13.6. The van der Waals surface area contributed by atoms with Gasteiger partial charge in [-0.15, -0.1) is 0 Å². The molecule has 0 aromatic carbocycles. The van der Waals surface area contributed by atoms with Crippen LogP contribution in [-0.4, -0.2) is 32.6 Å². The summed E-state index contributed by atoms with van der Waals surface area (Å²) in [6, 6.07) is 0. The molecule has 0 bridgehead atoms. The van der Waals surface area contributed by atoms with Gasteiger partial charge in [0.1, 0.15) is 5.03 Å². The van der Waals surface area contributed by atoms with Crippen LogP contribution in [0, 0.1) is 0 Å². The number of amides is 1. The number of carbonyl (C=O) groups is 1. The van der Waals surface area contributed by atoms with Gasteiger partial charge in [-0.2, -0.15) is 0 Å². The number of aromatic nitrogens is 3. The normalized spacial score (nSPS) is 10.6. The first-order valence-electron chi connectivity index (χ1n) is 5.94. The molecule has 0 unspecified atom stereocenters. The van der Waals surface area contributed by atoms with E-state index in [1.165, 1.54) is 11.8 Å². The minimum Gasteiger partial charge on any atom is -0.355 e. The molecular weight excluding hydrogens is 264 g/mol. The fraction of sp³-hybridized carbons (Fsp3) is 0.364. The van der Waals surface area contributed by atoms with Crippen LogP contribution in [0.25, 0.3) is 5.65 Å². The second-order valence-electron chi connectivity index (χ2n) is 3.87. The topological polar surface area (TPSA) is 97.3 Å². The molecule has 0 aliphatic heterocycles. The molecule has 2 aromatic rings. The summed E-state index contributed by atoms with van der Waals surface area (Å²) >= 11 is 1.34. The molecule has 0 fully saturated rings. The van der Waals surface area contributed by atoms with E-state index >= 15 is 0 Å². The van der Waals surface area contributed by atoms with Gasteiger partial charge < -0.3 is 15.1 Å². The fourth-order valence-corrected chi connectivity index (χ4v) is 2.34. The highest BCUT2D eigenvalue weighted by molar-refractivity contribution is 8.00. The standard InChI is InChI=1S/C11H16N6OS/c1-2-3-13-9(18)7-19-11-10-14-4-5-17(10)6-8(15-11)16-12/h4-6,16H,2-3,7,12H2,1H3,(H,13,18). The molecule has 0 saturated carbocycles. The van der Waals surface area contributed by atoms with Crippen molar-refractivity contribution < 1.29 is 4.79 Å². The predicted molar refractivity (Wildman–Crippen MR) is 74.8 cm³/mol. The Morgan fingerprint density at radius 3 is 3.16 bits per heavy atom. The number of nitrogens with zero attached hydrogens (tertiary/aromatic N) is 3. The Hall–Kier alpha value is -1.80. The molecule has 19 heavy (non-hydrogen) atoms. The monoisotopic (exact) mass is 280 g/mol. The van der Waals surface area contributed by atoms with Crippen LogP contribution in [0.4, 0.5) is 5.82 Å². The number of hydrazine groups is 1. The summed E-state index contributed by atoms with van der Waals surface area (Å²) in [7, 11) is 0. The first-order chi connectivity index (χ1) is 9.24. The average molecular weight is 280 g/mol. The van der Waals surface area contributed by atoms with E-state index < -0.39 is 0 Å². The summed E-state index contributed by atoms with van der Waals surface area (Å²) in [5, 5.41) is 3.49. The number of nitrogens with one attached hydrogen (secondary N) is 2. The maximum Gasteiger partial charge on any atom is 0.230 e. The number of rotatable bonds is 6. The summed E-state index contributed by atoms with van der Waals surface area (Å²) in [5.41, 5.74) is 3.21. The summed E-state index contributed by atoms with van der Waals surface area (Å²) < 4.78 is 1.81. The Bertz CT molecular complexity index is 569. The van der Waals surface area contributed by atoms with Crippen molar-refractivity contribution in [2.75, 3.05) is 17.7 Å². The van der Waals surface area contributed by atoms with E-state index in [0.717, 1.165) is 6.42 Å². The van der Waals surface area contributed by atoms with E-state index in [2.05, 4.69) is 20.7 Å². The van der Waals surface area contributed by atoms with Crippen molar-refractivity contribution >= 4 is 29.1 Å². The summed E-state index contributed by atoms with van der Waals surface area (Å²) in [6.07, 6.45) is 6.15. The van der Waals surface area contributed by atoms with Gasteiger partial charge in [0.15, 0.2) is 11.5 Å². The van der Waals surface area contributed by atoms with Crippen LogP contribution in [0.1, 0.15) is 13.3 Å². The van der Waals surface area contributed by atoms with Gasteiger partial charge in [0.05, 0.1) is 11.9 Å². The van der Waals surface area contributed by atoms with Crippen molar-refractivity contribution in [2.24, 2.45) is 5.84 Å². The third-order valence-corrected chi connectivity index (χ3v) is 3.36.